The molecule has 0 unspecified atom stereocenters. The summed E-state index contributed by atoms with van der Waals surface area (Å²) in [6, 6.07) is 0. The minimum Gasteiger partial charge on any atom is -0.396 e. The zero-order valence-electron chi connectivity index (χ0n) is 9.20. The lowest BCUT2D eigenvalue weighted by Gasteiger charge is -2.10. The lowest BCUT2D eigenvalue weighted by molar-refractivity contribution is -0.139. The Balaban J connectivity index is 2.10. The molecule has 1 aliphatic rings. The average molecular weight is 230 g/mol. The Morgan fingerprint density at radius 1 is 1.31 bits per heavy atom. The molecule has 92 valence electrons. The summed E-state index contributed by atoms with van der Waals surface area (Å²) < 4.78 is 5.30. The van der Waals surface area contributed by atoms with Crippen LogP contribution in [0.25, 0.3) is 0 Å². The number of hydrogen-bond acceptors (Lipinski definition) is 4. The van der Waals surface area contributed by atoms with E-state index in [1.54, 1.807) is 0 Å². The Labute approximate surface area is 94.3 Å². The van der Waals surface area contributed by atoms with Crippen LogP contribution in [0.15, 0.2) is 0 Å². The predicted octanol–water partition coefficient (Wildman–Crippen LogP) is -1.22. The van der Waals surface area contributed by atoms with E-state index in [0.717, 1.165) is 19.4 Å². The molecular formula is C10H18N2O4. The molecule has 0 saturated carbocycles. The second-order valence-electron chi connectivity index (χ2n) is 3.68. The van der Waals surface area contributed by atoms with Crippen molar-refractivity contribution in [2.24, 2.45) is 0 Å². The quantitative estimate of drug-likeness (QED) is 0.408. The SMILES string of the molecule is O=C(NCCCO)C(=O)NC[C@H]1CCCO1. The van der Waals surface area contributed by atoms with Gasteiger partial charge in [0.05, 0.1) is 6.10 Å². The van der Waals surface area contributed by atoms with Crippen molar-refractivity contribution in [3.63, 3.8) is 0 Å². The second-order valence-corrected chi connectivity index (χ2v) is 3.68. The lowest BCUT2D eigenvalue weighted by Crippen LogP contribution is -2.43. The Bertz CT molecular complexity index is 239. The fourth-order valence-electron chi connectivity index (χ4n) is 1.45. The van der Waals surface area contributed by atoms with Gasteiger partial charge in [0.25, 0.3) is 0 Å². The Kier molecular flexibility index (Phi) is 5.81. The molecule has 6 heteroatoms. The number of nitrogens with one attached hydrogen (secondary N) is 2. The number of rotatable bonds is 5. The number of carbonyl (C=O) groups excluding carboxylic acids is 2. The molecule has 0 aromatic rings. The maximum atomic E-state index is 11.3. The highest BCUT2D eigenvalue weighted by Crippen LogP contribution is 2.10. The van der Waals surface area contributed by atoms with Crippen LogP contribution in [0.3, 0.4) is 0 Å². The van der Waals surface area contributed by atoms with E-state index in [0.29, 0.717) is 19.5 Å². The monoisotopic (exact) mass is 230 g/mol. The van der Waals surface area contributed by atoms with E-state index in [4.69, 9.17) is 9.84 Å². The first-order chi connectivity index (χ1) is 7.74. The molecule has 3 N–H and O–H groups in total. The van der Waals surface area contributed by atoms with Gasteiger partial charge >= 0.3 is 11.8 Å². The van der Waals surface area contributed by atoms with Crippen molar-refractivity contribution in [2.45, 2.75) is 25.4 Å². The van der Waals surface area contributed by atoms with Gasteiger partial charge in [0.2, 0.25) is 0 Å². The fourth-order valence-corrected chi connectivity index (χ4v) is 1.45. The molecule has 6 nitrogen and oxygen atoms in total. The molecule has 1 saturated heterocycles. The van der Waals surface area contributed by atoms with Gasteiger partial charge in [-0.2, -0.15) is 0 Å². The predicted molar refractivity (Wildman–Crippen MR) is 56.7 cm³/mol. The third-order valence-electron chi connectivity index (χ3n) is 2.34. The summed E-state index contributed by atoms with van der Waals surface area (Å²) in [6.07, 6.45) is 2.41. The second kappa shape index (κ2) is 7.19. The molecule has 16 heavy (non-hydrogen) atoms. The van der Waals surface area contributed by atoms with Crippen LogP contribution in [-0.2, 0) is 14.3 Å². The number of amides is 2. The molecule has 0 aromatic carbocycles. The van der Waals surface area contributed by atoms with Crippen LogP contribution >= 0.6 is 0 Å². The summed E-state index contributed by atoms with van der Waals surface area (Å²) in [6.45, 7) is 1.41. The summed E-state index contributed by atoms with van der Waals surface area (Å²) in [5.74, 6) is -1.31. The van der Waals surface area contributed by atoms with Crippen LogP contribution in [0.4, 0.5) is 0 Å². The largest absolute Gasteiger partial charge is 0.396 e. The lowest BCUT2D eigenvalue weighted by atomic mass is 10.2. The van der Waals surface area contributed by atoms with Crippen LogP contribution in [0.1, 0.15) is 19.3 Å². The zero-order chi connectivity index (χ0) is 11.8. The van der Waals surface area contributed by atoms with Gasteiger partial charge in [0.15, 0.2) is 0 Å². The minimum absolute atomic E-state index is 0.00217. The molecule has 0 radical (unpaired) electrons. The first kappa shape index (κ1) is 12.9. The molecule has 2 amide bonds. The number of hydrogen-bond donors (Lipinski definition) is 3. The van der Waals surface area contributed by atoms with Crippen molar-refractivity contribution in [1.82, 2.24) is 10.6 Å². The van der Waals surface area contributed by atoms with E-state index in [9.17, 15) is 9.59 Å². The highest BCUT2D eigenvalue weighted by molar-refractivity contribution is 6.35. The summed E-state index contributed by atoms with van der Waals surface area (Å²) >= 11 is 0. The molecule has 0 aliphatic carbocycles. The van der Waals surface area contributed by atoms with E-state index in [1.165, 1.54) is 0 Å². The smallest absolute Gasteiger partial charge is 0.309 e. The number of carbonyl (C=O) groups is 2. The van der Waals surface area contributed by atoms with Crippen LogP contribution in [0.2, 0.25) is 0 Å². The van der Waals surface area contributed by atoms with Gasteiger partial charge in [-0.05, 0) is 19.3 Å². The number of ether oxygens (including phenoxy) is 1. The normalized spacial score (nSPS) is 19.4. The molecule has 1 heterocycles. The molecule has 1 atom stereocenters. The molecule has 1 rings (SSSR count). The highest BCUT2D eigenvalue weighted by Gasteiger charge is 2.18. The van der Waals surface area contributed by atoms with Crippen molar-refractivity contribution in [1.29, 1.82) is 0 Å². The molecule has 0 bridgehead atoms. The van der Waals surface area contributed by atoms with Gasteiger partial charge < -0.3 is 20.5 Å². The van der Waals surface area contributed by atoms with E-state index in [-0.39, 0.29) is 12.7 Å². The Morgan fingerprint density at radius 2 is 2.06 bits per heavy atom. The number of aliphatic hydroxyl groups excluding tert-OH is 1. The average Bonchev–Trinajstić information content (AvgIpc) is 2.79. The molecule has 0 aromatic heterocycles. The first-order valence-electron chi connectivity index (χ1n) is 5.52. The van der Waals surface area contributed by atoms with E-state index in [1.807, 2.05) is 0 Å². The van der Waals surface area contributed by atoms with Gasteiger partial charge in [-0.3, -0.25) is 9.59 Å². The summed E-state index contributed by atoms with van der Waals surface area (Å²) in [7, 11) is 0. The van der Waals surface area contributed by atoms with Crippen LogP contribution in [0.5, 0.6) is 0 Å². The molecule has 1 fully saturated rings. The van der Waals surface area contributed by atoms with Crippen molar-refractivity contribution in [3.8, 4) is 0 Å². The van der Waals surface area contributed by atoms with Gasteiger partial charge in [0, 0.05) is 26.3 Å². The Morgan fingerprint density at radius 3 is 2.69 bits per heavy atom. The molecular weight excluding hydrogens is 212 g/mol. The first-order valence-corrected chi connectivity index (χ1v) is 5.52. The van der Waals surface area contributed by atoms with Crippen molar-refractivity contribution in [3.05, 3.63) is 0 Å². The van der Waals surface area contributed by atoms with Crippen LogP contribution in [0, 0.1) is 0 Å². The van der Waals surface area contributed by atoms with E-state index in [2.05, 4.69) is 10.6 Å². The van der Waals surface area contributed by atoms with Crippen LogP contribution in [-0.4, -0.2) is 49.3 Å². The third-order valence-corrected chi connectivity index (χ3v) is 2.34. The third kappa shape index (κ3) is 4.59. The fraction of sp³-hybridized carbons (Fsp3) is 0.800. The topological polar surface area (TPSA) is 87.7 Å². The number of aliphatic hydroxyl groups is 1. The Hall–Kier alpha value is -1.14. The summed E-state index contributed by atoms with van der Waals surface area (Å²) in [4.78, 5) is 22.4. The van der Waals surface area contributed by atoms with Crippen molar-refractivity contribution in [2.75, 3.05) is 26.3 Å². The maximum Gasteiger partial charge on any atom is 0.309 e. The maximum absolute atomic E-state index is 11.3. The van der Waals surface area contributed by atoms with E-state index >= 15 is 0 Å². The van der Waals surface area contributed by atoms with Crippen LogP contribution < -0.4 is 10.6 Å². The van der Waals surface area contributed by atoms with Gasteiger partial charge in [-0.15, -0.1) is 0 Å². The molecule has 1 aliphatic heterocycles. The van der Waals surface area contributed by atoms with Gasteiger partial charge in [-0.1, -0.05) is 0 Å². The summed E-state index contributed by atoms with van der Waals surface area (Å²) in [5, 5.41) is 13.4. The van der Waals surface area contributed by atoms with E-state index < -0.39 is 11.8 Å². The van der Waals surface area contributed by atoms with Crippen molar-refractivity contribution >= 4 is 11.8 Å². The zero-order valence-corrected chi connectivity index (χ0v) is 9.20. The standard InChI is InChI=1S/C10H18N2O4/c13-5-2-4-11-9(14)10(15)12-7-8-3-1-6-16-8/h8,13H,1-7H2,(H,11,14)(H,12,15)/t8-/m1/s1. The highest BCUT2D eigenvalue weighted by atomic mass is 16.5. The van der Waals surface area contributed by atoms with Gasteiger partial charge in [0.1, 0.15) is 0 Å². The van der Waals surface area contributed by atoms with Gasteiger partial charge in [-0.25, -0.2) is 0 Å². The summed E-state index contributed by atoms with van der Waals surface area (Å²) in [5.41, 5.74) is 0. The minimum atomic E-state index is -0.661. The molecule has 0 spiro atoms. The van der Waals surface area contributed by atoms with Crippen molar-refractivity contribution < 1.29 is 19.4 Å².